The molecule has 0 saturated heterocycles. The summed E-state index contributed by atoms with van der Waals surface area (Å²) in [4.78, 5) is 0. The highest BCUT2D eigenvalue weighted by atomic mass is 14.9. The zero-order valence-corrected chi connectivity index (χ0v) is 12.6. The number of nitrogens with one attached hydrogen (secondary N) is 1. The van der Waals surface area contributed by atoms with Crippen molar-refractivity contribution in [1.82, 2.24) is 5.32 Å². The smallest absolute Gasteiger partial charge is 0.00104 e. The highest BCUT2D eigenvalue weighted by Crippen LogP contribution is 2.31. The molecule has 0 amide bonds. The molecule has 1 unspecified atom stereocenters. The lowest BCUT2D eigenvalue weighted by atomic mass is 9.88. The second-order valence-electron chi connectivity index (χ2n) is 6.50. The molecule has 19 heavy (non-hydrogen) atoms. The van der Waals surface area contributed by atoms with Gasteiger partial charge in [0.25, 0.3) is 0 Å². The number of hydrogen-bond acceptors (Lipinski definition) is 1. The quantitative estimate of drug-likeness (QED) is 0.764. The van der Waals surface area contributed by atoms with E-state index in [-0.39, 0.29) is 0 Å². The molecule has 106 valence electrons. The van der Waals surface area contributed by atoms with Crippen LogP contribution in [0, 0.1) is 11.8 Å². The first-order chi connectivity index (χ1) is 9.24. The van der Waals surface area contributed by atoms with E-state index in [9.17, 15) is 0 Å². The van der Waals surface area contributed by atoms with Gasteiger partial charge in [0.2, 0.25) is 0 Å². The lowest BCUT2D eigenvalue weighted by molar-refractivity contribution is 0.348. The normalized spacial score (nSPS) is 18.1. The Labute approximate surface area is 118 Å². The Bertz CT molecular complexity index is 338. The van der Waals surface area contributed by atoms with Crippen LogP contribution in [-0.2, 0) is 6.42 Å². The third kappa shape index (κ3) is 5.36. The molecule has 1 heteroatoms. The summed E-state index contributed by atoms with van der Waals surface area (Å²) in [7, 11) is 0. The van der Waals surface area contributed by atoms with Gasteiger partial charge in [0.1, 0.15) is 0 Å². The molecular formula is C18H29N. The van der Waals surface area contributed by atoms with Gasteiger partial charge in [-0.25, -0.2) is 0 Å². The molecule has 1 aliphatic carbocycles. The average molecular weight is 259 g/mol. The first-order valence-electron chi connectivity index (χ1n) is 8.01. The van der Waals surface area contributed by atoms with E-state index in [0.717, 1.165) is 11.8 Å². The van der Waals surface area contributed by atoms with E-state index in [1.165, 1.54) is 50.6 Å². The van der Waals surface area contributed by atoms with Gasteiger partial charge in [-0.3, -0.25) is 0 Å². The Hall–Kier alpha value is -0.820. The fourth-order valence-electron chi connectivity index (χ4n) is 3.31. The fraction of sp³-hybridized carbons (Fsp3) is 0.667. The van der Waals surface area contributed by atoms with Crippen LogP contribution in [0.4, 0.5) is 0 Å². The summed E-state index contributed by atoms with van der Waals surface area (Å²) in [5.74, 6) is 1.79. The SMILES string of the molecule is CC(C)NCC(Cc1ccccc1)CC1CCCC1. The molecule has 0 bridgehead atoms. The highest BCUT2D eigenvalue weighted by molar-refractivity contribution is 5.15. The minimum atomic E-state index is 0.599. The van der Waals surface area contributed by atoms with Gasteiger partial charge in [0.05, 0.1) is 0 Å². The molecule has 0 radical (unpaired) electrons. The Morgan fingerprint density at radius 2 is 1.79 bits per heavy atom. The predicted molar refractivity (Wildman–Crippen MR) is 83.3 cm³/mol. The van der Waals surface area contributed by atoms with Crippen LogP contribution >= 0.6 is 0 Å². The van der Waals surface area contributed by atoms with Crippen LogP contribution in [0.1, 0.15) is 51.5 Å². The van der Waals surface area contributed by atoms with Crippen molar-refractivity contribution >= 4 is 0 Å². The van der Waals surface area contributed by atoms with Crippen LogP contribution in [0.5, 0.6) is 0 Å². The fourth-order valence-corrected chi connectivity index (χ4v) is 3.31. The van der Waals surface area contributed by atoms with E-state index in [1.807, 2.05) is 0 Å². The third-order valence-electron chi connectivity index (χ3n) is 4.32. The van der Waals surface area contributed by atoms with Gasteiger partial charge in [-0.1, -0.05) is 69.9 Å². The van der Waals surface area contributed by atoms with Crippen molar-refractivity contribution in [1.29, 1.82) is 0 Å². The average Bonchev–Trinajstić information content (AvgIpc) is 2.90. The summed E-state index contributed by atoms with van der Waals surface area (Å²) in [6.07, 6.45) is 8.49. The summed E-state index contributed by atoms with van der Waals surface area (Å²) in [5, 5.41) is 3.64. The molecule has 1 nitrogen and oxygen atoms in total. The van der Waals surface area contributed by atoms with Crippen molar-refractivity contribution in [2.45, 2.75) is 58.4 Å². The van der Waals surface area contributed by atoms with Crippen molar-refractivity contribution in [3.05, 3.63) is 35.9 Å². The summed E-state index contributed by atoms with van der Waals surface area (Å²) < 4.78 is 0. The molecular weight excluding hydrogens is 230 g/mol. The van der Waals surface area contributed by atoms with Gasteiger partial charge >= 0.3 is 0 Å². The molecule has 1 atom stereocenters. The molecule has 0 aliphatic heterocycles. The number of hydrogen-bond donors (Lipinski definition) is 1. The van der Waals surface area contributed by atoms with Crippen molar-refractivity contribution in [2.75, 3.05) is 6.54 Å². The van der Waals surface area contributed by atoms with Crippen molar-refractivity contribution < 1.29 is 0 Å². The number of rotatable bonds is 7. The van der Waals surface area contributed by atoms with Crippen LogP contribution in [-0.4, -0.2) is 12.6 Å². The lowest BCUT2D eigenvalue weighted by Gasteiger charge is -2.22. The second-order valence-corrected chi connectivity index (χ2v) is 6.50. The first-order valence-corrected chi connectivity index (χ1v) is 8.01. The maximum atomic E-state index is 3.64. The van der Waals surface area contributed by atoms with E-state index in [0.29, 0.717) is 6.04 Å². The summed E-state index contributed by atoms with van der Waals surface area (Å²) in [6.45, 7) is 5.66. The predicted octanol–water partition coefficient (Wildman–Crippen LogP) is 4.42. The highest BCUT2D eigenvalue weighted by Gasteiger charge is 2.20. The van der Waals surface area contributed by atoms with E-state index >= 15 is 0 Å². The van der Waals surface area contributed by atoms with Gasteiger partial charge in [-0.15, -0.1) is 0 Å². The zero-order valence-electron chi connectivity index (χ0n) is 12.6. The van der Waals surface area contributed by atoms with Crippen molar-refractivity contribution in [2.24, 2.45) is 11.8 Å². The van der Waals surface area contributed by atoms with Gasteiger partial charge in [-0.2, -0.15) is 0 Å². The molecule has 2 rings (SSSR count). The topological polar surface area (TPSA) is 12.0 Å². The molecule has 0 spiro atoms. The van der Waals surface area contributed by atoms with Crippen LogP contribution in [0.3, 0.4) is 0 Å². The second kappa shape index (κ2) is 7.69. The van der Waals surface area contributed by atoms with Crippen LogP contribution in [0.15, 0.2) is 30.3 Å². The maximum absolute atomic E-state index is 3.64. The van der Waals surface area contributed by atoms with Gasteiger partial charge in [-0.05, 0) is 36.8 Å². The number of benzene rings is 1. The standard InChI is InChI=1S/C18H29N/c1-15(2)19-14-18(13-17-10-6-7-11-17)12-16-8-4-3-5-9-16/h3-5,8-9,15,17-19H,6-7,10-14H2,1-2H3. The summed E-state index contributed by atoms with van der Waals surface area (Å²) in [5.41, 5.74) is 1.50. The molecule has 1 aromatic rings. The van der Waals surface area contributed by atoms with Crippen LogP contribution in [0.2, 0.25) is 0 Å². The third-order valence-corrected chi connectivity index (χ3v) is 4.32. The van der Waals surface area contributed by atoms with E-state index in [1.54, 1.807) is 0 Å². The Balaban J connectivity index is 1.88. The van der Waals surface area contributed by atoms with E-state index < -0.39 is 0 Å². The Morgan fingerprint density at radius 1 is 1.11 bits per heavy atom. The molecule has 0 heterocycles. The van der Waals surface area contributed by atoms with Crippen LogP contribution < -0.4 is 5.32 Å². The molecule has 1 aliphatic rings. The Morgan fingerprint density at radius 3 is 2.42 bits per heavy atom. The minimum Gasteiger partial charge on any atom is -0.314 e. The van der Waals surface area contributed by atoms with Gasteiger partial charge < -0.3 is 5.32 Å². The van der Waals surface area contributed by atoms with Crippen molar-refractivity contribution in [3.63, 3.8) is 0 Å². The minimum absolute atomic E-state index is 0.599. The maximum Gasteiger partial charge on any atom is 0.00104 e. The van der Waals surface area contributed by atoms with Crippen molar-refractivity contribution in [3.8, 4) is 0 Å². The monoisotopic (exact) mass is 259 g/mol. The van der Waals surface area contributed by atoms with Gasteiger partial charge in [0.15, 0.2) is 0 Å². The summed E-state index contributed by atoms with van der Waals surface area (Å²) in [6, 6.07) is 11.6. The zero-order chi connectivity index (χ0) is 13.5. The van der Waals surface area contributed by atoms with E-state index in [4.69, 9.17) is 0 Å². The first kappa shape index (κ1) is 14.6. The molecule has 1 fully saturated rings. The molecule has 1 N–H and O–H groups in total. The lowest BCUT2D eigenvalue weighted by Crippen LogP contribution is -2.30. The largest absolute Gasteiger partial charge is 0.314 e. The Kier molecular flexibility index (Phi) is 5.91. The molecule has 1 saturated carbocycles. The molecule has 1 aromatic carbocycles. The van der Waals surface area contributed by atoms with Gasteiger partial charge in [0, 0.05) is 6.04 Å². The van der Waals surface area contributed by atoms with Crippen LogP contribution in [0.25, 0.3) is 0 Å². The molecule has 0 aromatic heterocycles. The van der Waals surface area contributed by atoms with E-state index in [2.05, 4.69) is 49.5 Å². The summed E-state index contributed by atoms with van der Waals surface area (Å²) >= 11 is 0.